The van der Waals surface area contributed by atoms with Crippen molar-refractivity contribution < 1.29 is 12.8 Å². The molecule has 1 heterocycles. The summed E-state index contributed by atoms with van der Waals surface area (Å²) in [6, 6.07) is 12.0. The van der Waals surface area contributed by atoms with E-state index in [2.05, 4.69) is 9.62 Å². The predicted octanol–water partition coefficient (Wildman–Crippen LogP) is 3.21. The summed E-state index contributed by atoms with van der Waals surface area (Å²) in [5.74, 6) is -0.728. The lowest BCUT2D eigenvalue weighted by Crippen LogP contribution is -2.24. The van der Waals surface area contributed by atoms with Crippen molar-refractivity contribution in [1.29, 1.82) is 0 Å². The fourth-order valence-corrected chi connectivity index (χ4v) is 4.12. The second-order valence-electron chi connectivity index (χ2n) is 6.56. The minimum Gasteiger partial charge on any atom is -0.299 e. The van der Waals surface area contributed by atoms with E-state index < -0.39 is 15.8 Å². The lowest BCUT2D eigenvalue weighted by Gasteiger charge is -2.14. The van der Waals surface area contributed by atoms with Crippen molar-refractivity contribution in [3.05, 3.63) is 65.0 Å². The van der Waals surface area contributed by atoms with Crippen LogP contribution >= 0.6 is 0 Å². The Hall–Kier alpha value is -1.76. The highest BCUT2D eigenvalue weighted by atomic mass is 32.2. The molecular weight excluding hydrogens is 339 g/mol. The van der Waals surface area contributed by atoms with Crippen molar-refractivity contribution in [1.82, 2.24) is 9.62 Å². The van der Waals surface area contributed by atoms with Crippen LogP contribution in [0.25, 0.3) is 0 Å². The number of nitrogens with zero attached hydrogens (tertiary/aromatic N) is 1. The molecule has 0 unspecified atom stereocenters. The third-order valence-electron chi connectivity index (χ3n) is 4.47. The van der Waals surface area contributed by atoms with Crippen molar-refractivity contribution in [2.75, 3.05) is 13.1 Å². The van der Waals surface area contributed by atoms with Gasteiger partial charge >= 0.3 is 0 Å². The van der Waals surface area contributed by atoms with Crippen molar-refractivity contribution in [2.24, 2.45) is 0 Å². The molecular formula is C19H23FN2O2S. The smallest absolute Gasteiger partial charge is 0.243 e. The molecule has 1 aliphatic heterocycles. The van der Waals surface area contributed by atoms with Gasteiger partial charge in [0, 0.05) is 13.1 Å². The van der Waals surface area contributed by atoms with Gasteiger partial charge in [0.2, 0.25) is 10.0 Å². The van der Waals surface area contributed by atoms with E-state index in [0.717, 1.165) is 25.2 Å². The number of nitrogens with one attached hydrogen (secondary N) is 1. The fraction of sp³-hybridized carbons (Fsp3) is 0.368. The molecule has 0 aliphatic carbocycles. The Balaban J connectivity index is 1.62. The number of rotatable bonds is 6. The highest BCUT2D eigenvalue weighted by Gasteiger charge is 2.18. The van der Waals surface area contributed by atoms with Crippen LogP contribution in [-0.4, -0.2) is 26.4 Å². The summed E-state index contributed by atoms with van der Waals surface area (Å²) in [6.45, 7) is 5.07. The van der Waals surface area contributed by atoms with Gasteiger partial charge < -0.3 is 0 Å². The molecule has 1 fully saturated rings. The van der Waals surface area contributed by atoms with E-state index in [-0.39, 0.29) is 11.4 Å². The maximum Gasteiger partial charge on any atom is 0.243 e. The highest BCUT2D eigenvalue weighted by molar-refractivity contribution is 7.89. The largest absolute Gasteiger partial charge is 0.299 e. The van der Waals surface area contributed by atoms with Crippen LogP contribution in [0.4, 0.5) is 4.39 Å². The van der Waals surface area contributed by atoms with E-state index in [9.17, 15) is 12.8 Å². The summed E-state index contributed by atoms with van der Waals surface area (Å²) >= 11 is 0. The molecule has 1 aliphatic rings. The zero-order valence-corrected chi connectivity index (χ0v) is 15.2. The topological polar surface area (TPSA) is 49.4 Å². The molecule has 25 heavy (non-hydrogen) atoms. The summed E-state index contributed by atoms with van der Waals surface area (Å²) in [6.07, 6.45) is 2.52. The quantitative estimate of drug-likeness (QED) is 0.858. The first-order valence-electron chi connectivity index (χ1n) is 8.50. The summed E-state index contributed by atoms with van der Waals surface area (Å²) in [5, 5.41) is 0. The summed E-state index contributed by atoms with van der Waals surface area (Å²) in [4.78, 5) is 2.10. The van der Waals surface area contributed by atoms with Gasteiger partial charge in [0.15, 0.2) is 0 Å². The summed E-state index contributed by atoms with van der Waals surface area (Å²) in [5.41, 5.74) is 2.75. The number of hydrogen-bond acceptors (Lipinski definition) is 3. The van der Waals surface area contributed by atoms with E-state index in [1.807, 2.05) is 24.3 Å². The van der Waals surface area contributed by atoms with Gasteiger partial charge in [0.1, 0.15) is 10.7 Å². The van der Waals surface area contributed by atoms with Gasteiger partial charge in [0.05, 0.1) is 0 Å². The van der Waals surface area contributed by atoms with Gasteiger partial charge in [-0.25, -0.2) is 17.5 Å². The molecule has 0 atom stereocenters. The Morgan fingerprint density at radius 2 is 1.68 bits per heavy atom. The van der Waals surface area contributed by atoms with Crippen LogP contribution in [0.3, 0.4) is 0 Å². The molecule has 0 bridgehead atoms. The molecule has 0 aromatic heterocycles. The zero-order chi connectivity index (χ0) is 17.9. The molecule has 134 valence electrons. The first-order valence-corrected chi connectivity index (χ1v) is 9.98. The average Bonchev–Trinajstić information content (AvgIpc) is 3.07. The van der Waals surface area contributed by atoms with Crippen LogP contribution in [0, 0.1) is 12.7 Å². The molecule has 0 radical (unpaired) electrons. The molecule has 3 rings (SSSR count). The van der Waals surface area contributed by atoms with Crippen molar-refractivity contribution in [3.8, 4) is 0 Å². The number of benzene rings is 2. The van der Waals surface area contributed by atoms with Crippen LogP contribution in [0.1, 0.15) is 29.5 Å². The van der Waals surface area contributed by atoms with E-state index in [1.165, 1.54) is 30.5 Å². The highest BCUT2D eigenvalue weighted by Crippen LogP contribution is 2.17. The van der Waals surface area contributed by atoms with E-state index in [4.69, 9.17) is 0 Å². The maximum atomic E-state index is 13.9. The van der Waals surface area contributed by atoms with Gasteiger partial charge in [-0.05, 0) is 61.7 Å². The molecule has 4 nitrogen and oxygen atoms in total. The van der Waals surface area contributed by atoms with E-state index in [0.29, 0.717) is 5.56 Å². The molecule has 2 aromatic carbocycles. The summed E-state index contributed by atoms with van der Waals surface area (Å²) in [7, 11) is -3.87. The number of likely N-dealkylation sites (tertiary alicyclic amines) is 1. The van der Waals surface area contributed by atoms with Crippen molar-refractivity contribution in [3.63, 3.8) is 0 Å². The minimum atomic E-state index is -3.87. The van der Waals surface area contributed by atoms with Crippen molar-refractivity contribution in [2.45, 2.75) is 37.8 Å². The SMILES string of the molecule is Cc1ccc(S(=O)(=O)NCc2ccc(CN3CCCC3)cc2)c(F)c1. The van der Waals surface area contributed by atoms with Crippen LogP contribution in [-0.2, 0) is 23.1 Å². The zero-order valence-electron chi connectivity index (χ0n) is 14.3. The lowest BCUT2D eigenvalue weighted by molar-refractivity contribution is 0.331. The monoisotopic (exact) mass is 362 g/mol. The molecule has 1 saturated heterocycles. The minimum absolute atomic E-state index is 0.139. The predicted molar refractivity (Wildman–Crippen MR) is 96.1 cm³/mol. The van der Waals surface area contributed by atoms with Gasteiger partial charge in [-0.15, -0.1) is 0 Å². The molecule has 1 N–H and O–H groups in total. The van der Waals surface area contributed by atoms with E-state index in [1.54, 1.807) is 13.0 Å². The van der Waals surface area contributed by atoms with Crippen molar-refractivity contribution >= 4 is 10.0 Å². The standard InChI is InChI=1S/C19H23FN2O2S/c1-15-4-9-19(18(20)12-15)25(23,24)21-13-16-5-7-17(8-6-16)14-22-10-2-3-11-22/h4-9,12,21H,2-3,10-11,13-14H2,1H3. The van der Waals surface area contributed by atoms with Crippen LogP contribution in [0.15, 0.2) is 47.4 Å². The molecule has 2 aromatic rings. The Labute approximate surface area is 148 Å². The Bertz CT molecular complexity index is 829. The second-order valence-corrected chi connectivity index (χ2v) is 8.29. The first kappa shape index (κ1) is 18.0. The lowest BCUT2D eigenvalue weighted by atomic mass is 10.1. The number of aryl methyl sites for hydroxylation is 1. The van der Waals surface area contributed by atoms with Crippen LogP contribution in [0.5, 0.6) is 0 Å². The third-order valence-corrected chi connectivity index (χ3v) is 5.91. The number of hydrogen-bond donors (Lipinski definition) is 1. The Kier molecular flexibility index (Phi) is 5.51. The Morgan fingerprint density at radius 1 is 1.04 bits per heavy atom. The average molecular weight is 362 g/mol. The molecule has 0 amide bonds. The number of sulfonamides is 1. The van der Waals surface area contributed by atoms with Crippen LogP contribution < -0.4 is 4.72 Å². The van der Waals surface area contributed by atoms with Gasteiger partial charge in [-0.3, -0.25) is 4.90 Å². The van der Waals surface area contributed by atoms with Gasteiger partial charge in [-0.1, -0.05) is 30.3 Å². The molecule has 6 heteroatoms. The second kappa shape index (κ2) is 7.64. The van der Waals surface area contributed by atoms with Gasteiger partial charge in [-0.2, -0.15) is 0 Å². The van der Waals surface area contributed by atoms with Crippen LogP contribution in [0.2, 0.25) is 0 Å². The van der Waals surface area contributed by atoms with Gasteiger partial charge in [0.25, 0.3) is 0 Å². The third kappa shape index (κ3) is 4.66. The summed E-state index contributed by atoms with van der Waals surface area (Å²) < 4.78 is 40.9. The first-order chi connectivity index (χ1) is 11.9. The fourth-order valence-electron chi connectivity index (χ4n) is 3.04. The Morgan fingerprint density at radius 3 is 2.32 bits per heavy atom. The normalized spacial score (nSPS) is 15.6. The maximum absolute atomic E-state index is 13.9. The molecule has 0 spiro atoms. The number of halogens is 1. The van der Waals surface area contributed by atoms with E-state index >= 15 is 0 Å². The molecule has 0 saturated carbocycles.